The van der Waals surface area contributed by atoms with Gasteiger partial charge < -0.3 is 15.4 Å². The van der Waals surface area contributed by atoms with Crippen LogP contribution in [-0.4, -0.2) is 32.2 Å². The molecular weight excluding hydrogens is 238 g/mol. The highest BCUT2D eigenvalue weighted by molar-refractivity contribution is 5.79. The van der Waals surface area contributed by atoms with Gasteiger partial charge in [-0.1, -0.05) is 36.4 Å². The minimum absolute atomic E-state index is 0.611. The summed E-state index contributed by atoms with van der Waals surface area (Å²) in [4.78, 5) is 4.40. The summed E-state index contributed by atoms with van der Waals surface area (Å²) in [5.74, 6) is 0.797. The smallest absolute Gasteiger partial charge is 0.191 e. The number of guanidine groups is 1. The normalized spacial score (nSPS) is 11.1. The maximum absolute atomic E-state index is 5.57. The fraction of sp³-hybridized carbons (Fsp3) is 0.400. The monoisotopic (exact) mass is 261 g/mol. The van der Waals surface area contributed by atoms with Crippen LogP contribution in [0.4, 0.5) is 0 Å². The number of rotatable bonds is 8. The average Bonchev–Trinajstić information content (AvgIpc) is 2.45. The van der Waals surface area contributed by atoms with Crippen molar-refractivity contribution in [1.29, 1.82) is 0 Å². The molecule has 1 rings (SSSR count). The second kappa shape index (κ2) is 10.1. The van der Waals surface area contributed by atoms with Gasteiger partial charge in [-0.15, -0.1) is 6.58 Å². The molecule has 4 heteroatoms. The van der Waals surface area contributed by atoms with E-state index in [-0.39, 0.29) is 0 Å². The first-order valence-corrected chi connectivity index (χ1v) is 6.61. The molecule has 1 aromatic rings. The lowest BCUT2D eigenvalue weighted by Gasteiger charge is -2.09. The molecular formula is C15H23N3O. The second-order valence-corrected chi connectivity index (χ2v) is 3.97. The van der Waals surface area contributed by atoms with Gasteiger partial charge >= 0.3 is 0 Å². The molecule has 0 aliphatic carbocycles. The molecule has 0 amide bonds. The van der Waals surface area contributed by atoms with Crippen LogP contribution in [0, 0.1) is 0 Å². The van der Waals surface area contributed by atoms with Crippen molar-refractivity contribution in [3.63, 3.8) is 0 Å². The summed E-state index contributed by atoms with van der Waals surface area (Å²) >= 11 is 0. The summed E-state index contributed by atoms with van der Waals surface area (Å²) in [6.07, 6.45) is 1.80. The Bertz CT molecular complexity index is 376. The molecule has 0 fully saturated rings. The van der Waals surface area contributed by atoms with Crippen LogP contribution in [-0.2, 0) is 11.3 Å². The van der Waals surface area contributed by atoms with Crippen molar-refractivity contribution in [1.82, 2.24) is 10.6 Å². The van der Waals surface area contributed by atoms with E-state index in [0.29, 0.717) is 26.3 Å². The fourth-order valence-electron chi connectivity index (χ4n) is 1.50. The van der Waals surface area contributed by atoms with Gasteiger partial charge in [-0.2, -0.15) is 0 Å². The third-order valence-electron chi connectivity index (χ3n) is 2.38. The molecule has 0 saturated carbocycles. The van der Waals surface area contributed by atoms with Gasteiger partial charge in [0, 0.05) is 13.1 Å². The lowest BCUT2D eigenvalue weighted by Crippen LogP contribution is -2.37. The van der Waals surface area contributed by atoms with Crippen LogP contribution >= 0.6 is 0 Å². The van der Waals surface area contributed by atoms with Crippen molar-refractivity contribution < 1.29 is 4.74 Å². The summed E-state index contributed by atoms with van der Waals surface area (Å²) in [5, 5.41) is 6.31. The van der Waals surface area contributed by atoms with Crippen molar-refractivity contribution >= 4 is 5.96 Å². The Morgan fingerprint density at radius 2 is 2.11 bits per heavy atom. The average molecular weight is 261 g/mol. The first kappa shape index (κ1) is 15.2. The van der Waals surface area contributed by atoms with Crippen molar-refractivity contribution in [2.24, 2.45) is 4.99 Å². The Morgan fingerprint density at radius 1 is 1.32 bits per heavy atom. The van der Waals surface area contributed by atoms with Crippen LogP contribution < -0.4 is 10.6 Å². The lowest BCUT2D eigenvalue weighted by molar-refractivity contribution is 0.128. The van der Waals surface area contributed by atoms with Gasteiger partial charge in [0.2, 0.25) is 0 Å². The van der Waals surface area contributed by atoms with Crippen LogP contribution in [0.2, 0.25) is 0 Å². The van der Waals surface area contributed by atoms with E-state index in [1.807, 2.05) is 25.1 Å². The summed E-state index contributed by atoms with van der Waals surface area (Å²) in [5.41, 5.74) is 1.18. The molecule has 0 atom stereocenters. The van der Waals surface area contributed by atoms with Crippen molar-refractivity contribution in [3.8, 4) is 0 Å². The van der Waals surface area contributed by atoms with Crippen molar-refractivity contribution in [2.75, 3.05) is 26.2 Å². The number of nitrogens with one attached hydrogen (secondary N) is 2. The Labute approximate surface area is 115 Å². The van der Waals surface area contributed by atoms with E-state index in [0.717, 1.165) is 12.5 Å². The lowest BCUT2D eigenvalue weighted by atomic mass is 10.2. The van der Waals surface area contributed by atoms with Crippen LogP contribution in [0.25, 0.3) is 0 Å². The van der Waals surface area contributed by atoms with Gasteiger partial charge in [-0.3, -0.25) is 4.99 Å². The van der Waals surface area contributed by atoms with E-state index in [2.05, 4.69) is 34.3 Å². The van der Waals surface area contributed by atoms with Gasteiger partial charge in [-0.05, 0) is 12.5 Å². The molecule has 0 radical (unpaired) electrons. The number of hydrogen-bond donors (Lipinski definition) is 2. The molecule has 0 spiro atoms. The zero-order valence-corrected chi connectivity index (χ0v) is 11.6. The Balaban J connectivity index is 2.21. The second-order valence-electron chi connectivity index (χ2n) is 3.97. The molecule has 1 aromatic carbocycles. The van der Waals surface area contributed by atoms with E-state index in [1.165, 1.54) is 5.56 Å². The summed E-state index contributed by atoms with van der Waals surface area (Å²) in [7, 11) is 0. The van der Waals surface area contributed by atoms with Gasteiger partial charge in [0.15, 0.2) is 5.96 Å². The summed E-state index contributed by atoms with van der Waals surface area (Å²) in [6, 6.07) is 10.1. The minimum atomic E-state index is 0.611. The SMILES string of the molecule is C=CCNC(=NCCOCc1ccccc1)NCC. The molecule has 19 heavy (non-hydrogen) atoms. The van der Waals surface area contributed by atoms with Crippen LogP contribution in [0.1, 0.15) is 12.5 Å². The molecule has 0 heterocycles. The first-order valence-electron chi connectivity index (χ1n) is 6.61. The fourth-order valence-corrected chi connectivity index (χ4v) is 1.50. The van der Waals surface area contributed by atoms with E-state index in [1.54, 1.807) is 6.08 Å². The predicted octanol–water partition coefficient (Wildman–Crippen LogP) is 1.94. The third-order valence-corrected chi connectivity index (χ3v) is 2.38. The summed E-state index contributed by atoms with van der Waals surface area (Å²) < 4.78 is 5.57. The highest BCUT2D eigenvalue weighted by Gasteiger charge is 1.95. The number of nitrogens with zero attached hydrogens (tertiary/aromatic N) is 1. The molecule has 0 aliphatic rings. The molecule has 0 aromatic heterocycles. The Kier molecular flexibility index (Phi) is 8.14. The zero-order chi connectivity index (χ0) is 13.8. The van der Waals surface area contributed by atoms with Gasteiger partial charge in [0.25, 0.3) is 0 Å². The Morgan fingerprint density at radius 3 is 2.79 bits per heavy atom. The van der Waals surface area contributed by atoms with Crippen LogP contribution in [0.15, 0.2) is 48.0 Å². The predicted molar refractivity (Wildman–Crippen MR) is 80.3 cm³/mol. The number of aliphatic imine (C=N–C) groups is 1. The maximum atomic E-state index is 5.57. The standard InChI is InChI=1S/C15H23N3O/c1-3-10-17-15(16-4-2)18-11-12-19-13-14-8-6-5-7-9-14/h3,5-9H,1,4,10-13H2,2H3,(H2,16,17,18). The molecule has 4 nitrogen and oxygen atoms in total. The molecule has 0 saturated heterocycles. The number of hydrogen-bond acceptors (Lipinski definition) is 2. The first-order chi connectivity index (χ1) is 9.36. The largest absolute Gasteiger partial charge is 0.375 e. The van der Waals surface area contributed by atoms with E-state index in [9.17, 15) is 0 Å². The van der Waals surface area contributed by atoms with E-state index < -0.39 is 0 Å². The highest BCUT2D eigenvalue weighted by atomic mass is 16.5. The molecule has 0 bridgehead atoms. The van der Waals surface area contributed by atoms with Gasteiger partial charge in [0.1, 0.15) is 0 Å². The van der Waals surface area contributed by atoms with E-state index in [4.69, 9.17) is 4.74 Å². The van der Waals surface area contributed by atoms with Crippen LogP contribution in [0.5, 0.6) is 0 Å². The van der Waals surface area contributed by atoms with Gasteiger partial charge in [0.05, 0.1) is 19.8 Å². The highest BCUT2D eigenvalue weighted by Crippen LogP contribution is 1.99. The molecule has 2 N–H and O–H groups in total. The minimum Gasteiger partial charge on any atom is -0.375 e. The Hall–Kier alpha value is -1.81. The number of benzene rings is 1. The summed E-state index contributed by atoms with van der Waals surface area (Å²) in [6.45, 7) is 9.13. The molecule has 0 aliphatic heterocycles. The van der Waals surface area contributed by atoms with Crippen molar-refractivity contribution in [3.05, 3.63) is 48.6 Å². The quantitative estimate of drug-likeness (QED) is 0.325. The topological polar surface area (TPSA) is 45.7 Å². The van der Waals surface area contributed by atoms with Crippen molar-refractivity contribution in [2.45, 2.75) is 13.5 Å². The number of ether oxygens (including phenoxy) is 1. The van der Waals surface area contributed by atoms with E-state index >= 15 is 0 Å². The molecule has 104 valence electrons. The zero-order valence-electron chi connectivity index (χ0n) is 11.6. The van der Waals surface area contributed by atoms with Gasteiger partial charge in [-0.25, -0.2) is 0 Å². The van der Waals surface area contributed by atoms with Crippen LogP contribution in [0.3, 0.4) is 0 Å². The maximum Gasteiger partial charge on any atom is 0.191 e. The third kappa shape index (κ3) is 7.26. The molecule has 0 unspecified atom stereocenters.